The van der Waals surface area contributed by atoms with Crippen molar-refractivity contribution in [2.75, 3.05) is 31.3 Å². The van der Waals surface area contributed by atoms with E-state index in [0.29, 0.717) is 23.4 Å². The number of aromatic nitrogens is 2. The maximum Gasteiger partial charge on any atom is 0.409 e. The molecule has 2 aromatic carbocycles. The van der Waals surface area contributed by atoms with Crippen LogP contribution < -0.4 is 15.8 Å². The molecule has 0 radical (unpaired) electrons. The van der Waals surface area contributed by atoms with E-state index in [0.717, 1.165) is 11.8 Å². The molecule has 0 saturated carbocycles. The predicted molar refractivity (Wildman–Crippen MR) is 126 cm³/mol. The number of ether oxygens (including phenoxy) is 1. The zero-order chi connectivity index (χ0) is 24.9. The summed E-state index contributed by atoms with van der Waals surface area (Å²) in [5.41, 5.74) is 2.40. The van der Waals surface area contributed by atoms with Gasteiger partial charge in [0.15, 0.2) is 11.6 Å². The van der Waals surface area contributed by atoms with Gasteiger partial charge < -0.3 is 20.3 Å². The quantitative estimate of drug-likeness (QED) is 0.439. The van der Waals surface area contributed by atoms with E-state index in [1.165, 1.54) is 11.0 Å². The molecule has 4 N–H and O–H groups in total. The number of hydrogen-bond donors (Lipinski definition) is 3. The first-order chi connectivity index (χ1) is 16.0. The molecule has 3 rings (SSSR count). The zero-order valence-electron chi connectivity index (χ0n) is 18.9. The third-order valence-corrected chi connectivity index (χ3v) is 5.75. The molecule has 0 fully saturated rings. The van der Waals surface area contributed by atoms with Crippen LogP contribution in [0.4, 0.5) is 32.3 Å². The number of rotatable bonds is 8. The molecular weight excluding hydrogens is 463 g/mol. The number of nitrogens with zero attached hydrogens (tertiary/aromatic N) is 3. The number of benzene rings is 2. The maximum atomic E-state index is 14.3. The van der Waals surface area contributed by atoms with E-state index in [1.807, 2.05) is 12.1 Å². The van der Waals surface area contributed by atoms with Gasteiger partial charge in [0.05, 0.1) is 17.7 Å². The highest BCUT2D eigenvalue weighted by molar-refractivity contribution is 7.89. The Morgan fingerprint density at radius 1 is 1.12 bits per heavy atom. The molecule has 0 bridgehead atoms. The second-order valence-electron chi connectivity index (χ2n) is 7.62. The highest BCUT2D eigenvalue weighted by Gasteiger charge is 2.14. The lowest BCUT2D eigenvalue weighted by Crippen LogP contribution is -2.23. The number of anilines is 4. The first-order valence-electron chi connectivity index (χ1n) is 10.2. The Hall–Kier alpha value is -3.77. The minimum atomic E-state index is -3.90. The summed E-state index contributed by atoms with van der Waals surface area (Å²) < 4.78 is 42.9. The number of nitrogens with one attached hydrogen (secondary N) is 2. The Kier molecular flexibility index (Phi) is 7.64. The Bertz CT molecular complexity index is 1280. The van der Waals surface area contributed by atoms with E-state index in [2.05, 4.69) is 20.6 Å². The number of aryl methyl sites for hydroxylation is 1. The van der Waals surface area contributed by atoms with Crippen molar-refractivity contribution in [1.29, 1.82) is 0 Å². The molecule has 1 amide bonds. The normalized spacial score (nSPS) is 11.1. The van der Waals surface area contributed by atoms with Crippen LogP contribution in [0.2, 0.25) is 0 Å². The number of halogens is 1. The van der Waals surface area contributed by atoms with Crippen LogP contribution >= 0.6 is 0 Å². The van der Waals surface area contributed by atoms with Crippen molar-refractivity contribution in [3.63, 3.8) is 0 Å². The van der Waals surface area contributed by atoms with Crippen LogP contribution in [0.15, 0.2) is 53.6 Å². The van der Waals surface area contributed by atoms with Gasteiger partial charge in [0.2, 0.25) is 16.0 Å². The molecule has 0 atom stereocenters. The smallest absolute Gasteiger partial charge is 0.409 e. The van der Waals surface area contributed by atoms with E-state index in [1.54, 1.807) is 45.3 Å². The van der Waals surface area contributed by atoms with Crippen molar-refractivity contribution in [1.82, 2.24) is 14.9 Å². The summed E-state index contributed by atoms with van der Waals surface area (Å²) in [5, 5.41) is 11.0. The average Bonchev–Trinajstić information content (AvgIpc) is 2.77. The number of primary sulfonamides is 1. The number of hydrogen-bond acceptors (Lipinski definition) is 8. The van der Waals surface area contributed by atoms with Gasteiger partial charge in [-0.05, 0) is 42.3 Å². The Labute approximate surface area is 197 Å². The SMILES string of the molecule is Cc1ccc(Nc2ncc(F)c(Nc3ccc(CCOC(=O)N(C)C)cc3)n2)cc1S(N)(=O)=O. The third-order valence-electron chi connectivity index (χ3n) is 4.69. The van der Waals surface area contributed by atoms with Crippen molar-refractivity contribution in [3.05, 3.63) is 65.6 Å². The summed E-state index contributed by atoms with van der Waals surface area (Å²) in [5.74, 6) is -0.671. The van der Waals surface area contributed by atoms with E-state index < -0.39 is 21.9 Å². The van der Waals surface area contributed by atoms with Crippen LogP contribution in [0.5, 0.6) is 0 Å². The zero-order valence-corrected chi connectivity index (χ0v) is 19.7. The highest BCUT2D eigenvalue weighted by atomic mass is 32.2. The van der Waals surface area contributed by atoms with E-state index in [9.17, 15) is 17.6 Å². The van der Waals surface area contributed by atoms with Crippen LogP contribution in [0.3, 0.4) is 0 Å². The van der Waals surface area contributed by atoms with Crippen LogP contribution in [-0.4, -0.2) is 50.1 Å². The minimum absolute atomic E-state index is 0.0328. The fourth-order valence-corrected chi connectivity index (χ4v) is 3.71. The van der Waals surface area contributed by atoms with Crippen LogP contribution in [-0.2, 0) is 21.2 Å². The van der Waals surface area contributed by atoms with Gasteiger partial charge in [0, 0.05) is 31.9 Å². The van der Waals surface area contributed by atoms with Crippen molar-refractivity contribution in [2.24, 2.45) is 5.14 Å². The largest absolute Gasteiger partial charge is 0.449 e. The summed E-state index contributed by atoms with van der Waals surface area (Å²) in [6.45, 7) is 1.87. The maximum absolute atomic E-state index is 14.3. The standard InChI is InChI=1S/C22H25FN6O4S/c1-14-4-7-17(12-19(14)34(24,31)32)27-21-25-13-18(23)20(28-21)26-16-8-5-15(6-9-16)10-11-33-22(30)29(2)3/h4-9,12-13H,10-11H2,1-3H3,(H2,24,31,32)(H2,25,26,27,28). The molecule has 0 spiro atoms. The van der Waals surface area contributed by atoms with Gasteiger partial charge in [0.1, 0.15) is 0 Å². The third kappa shape index (κ3) is 6.62. The van der Waals surface area contributed by atoms with Crippen molar-refractivity contribution < 1.29 is 22.3 Å². The minimum Gasteiger partial charge on any atom is -0.449 e. The molecule has 0 saturated heterocycles. The molecule has 0 aliphatic carbocycles. The van der Waals surface area contributed by atoms with Crippen LogP contribution in [0.25, 0.3) is 0 Å². The molecular formula is C22H25FN6O4S. The van der Waals surface area contributed by atoms with E-state index in [4.69, 9.17) is 9.88 Å². The van der Waals surface area contributed by atoms with Gasteiger partial charge in [0.25, 0.3) is 0 Å². The Balaban J connectivity index is 1.68. The Morgan fingerprint density at radius 3 is 2.44 bits per heavy atom. The first-order valence-corrected chi connectivity index (χ1v) is 11.7. The number of carbonyl (C=O) groups excluding carboxylic acids is 1. The van der Waals surface area contributed by atoms with Crippen molar-refractivity contribution in [3.8, 4) is 0 Å². The van der Waals surface area contributed by atoms with Gasteiger partial charge in [-0.25, -0.2) is 27.7 Å². The molecule has 10 nitrogen and oxygen atoms in total. The van der Waals surface area contributed by atoms with Crippen LogP contribution in [0, 0.1) is 12.7 Å². The van der Waals surface area contributed by atoms with Gasteiger partial charge in [-0.3, -0.25) is 0 Å². The molecule has 0 aliphatic rings. The lowest BCUT2D eigenvalue weighted by atomic mass is 10.1. The van der Waals surface area contributed by atoms with Crippen LogP contribution in [0.1, 0.15) is 11.1 Å². The first kappa shape index (κ1) is 24.9. The topological polar surface area (TPSA) is 140 Å². The molecule has 180 valence electrons. The monoisotopic (exact) mass is 488 g/mol. The van der Waals surface area contributed by atoms with Crippen molar-refractivity contribution in [2.45, 2.75) is 18.2 Å². The fourth-order valence-electron chi connectivity index (χ4n) is 2.91. The number of nitrogens with two attached hydrogens (primary N) is 1. The highest BCUT2D eigenvalue weighted by Crippen LogP contribution is 2.23. The van der Waals surface area contributed by atoms with Gasteiger partial charge in [-0.1, -0.05) is 18.2 Å². The second kappa shape index (κ2) is 10.4. The summed E-state index contributed by atoms with van der Waals surface area (Å²) >= 11 is 0. The molecule has 12 heteroatoms. The van der Waals surface area contributed by atoms with Gasteiger partial charge in [-0.15, -0.1) is 0 Å². The van der Waals surface area contributed by atoms with E-state index in [-0.39, 0.29) is 23.3 Å². The lowest BCUT2D eigenvalue weighted by molar-refractivity contribution is 0.119. The van der Waals surface area contributed by atoms with Crippen molar-refractivity contribution >= 4 is 39.3 Å². The molecule has 34 heavy (non-hydrogen) atoms. The molecule has 0 aliphatic heterocycles. The fraction of sp³-hybridized carbons (Fsp3) is 0.227. The summed E-state index contributed by atoms with van der Waals surface area (Å²) in [7, 11) is -0.682. The molecule has 1 aromatic heterocycles. The summed E-state index contributed by atoms with van der Waals surface area (Å²) in [4.78, 5) is 20.8. The summed E-state index contributed by atoms with van der Waals surface area (Å²) in [6, 6.07) is 11.7. The van der Waals surface area contributed by atoms with Gasteiger partial charge >= 0.3 is 6.09 Å². The Morgan fingerprint density at radius 2 is 1.79 bits per heavy atom. The van der Waals surface area contributed by atoms with Gasteiger partial charge in [-0.2, -0.15) is 4.98 Å². The predicted octanol–water partition coefficient (Wildman–Crippen LogP) is 3.30. The number of sulfonamides is 1. The molecule has 3 aromatic rings. The van der Waals surface area contributed by atoms with E-state index >= 15 is 0 Å². The summed E-state index contributed by atoms with van der Waals surface area (Å²) in [6.07, 6.45) is 1.13. The number of carbonyl (C=O) groups is 1. The number of amides is 1. The average molecular weight is 489 g/mol. The second-order valence-corrected chi connectivity index (χ2v) is 9.15. The lowest BCUT2D eigenvalue weighted by Gasteiger charge is -2.12. The molecule has 1 heterocycles. The molecule has 0 unspecified atom stereocenters.